The Morgan fingerprint density at radius 1 is 1.15 bits per heavy atom. The molecule has 0 aliphatic heterocycles. The Hall–Kier alpha value is -1.82. The van der Waals surface area contributed by atoms with Crippen LogP contribution in [0.1, 0.15) is 23.2 Å². The summed E-state index contributed by atoms with van der Waals surface area (Å²) in [5, 5.41) is 3.80. The van der Waals surface area contributed by atoms with E-state index in [0.29, 0.717) is 6.42 Å². The third-order valence-electron chi connectivity index (χ3n) is 3.08. The van der Waals surface area contributed by atoms with E-state index in [1.165, 1.54) is 6.20 Å². The molecule has 0 amide bonds. The minimum Gasteiger partial charge on any atom is -0.326 e. The molecular formula is C14H16F3N3. The number of nitrogens with two attached hydrogens (primary N) is 1. The van der Waals surface area contributed by atoms with Gasteiger partial charge in [0.15, 0.2) is 0 Å². The topological polar surface area (TPSA) is 43.8 Å². The Kier molecular flexibility index (Phi) is 4.44. The van der Waals surface area contributed by atoms with E-state index >= 15 is 0 Å². The van der Waals surface area contributed by atoms with Crippen molar-refractivity contribution in [3.63, 3.8) is 0 Å². The molecule has 0 saturated heterocycles. The Morgan fingerprint density at radius 2 is 1.85 bits per heavy atom. The third kappa shape index (κ3) is 3.39. The number of aromatic nitrogens is 2. The summed E-state index contributed by atoms with van der Waals surface area (Å²) in [5.41, 5.74) is 5.74. The van der Waals surface area contributed by atoms with Crippen LogP contribution in [0.3, 0.4) is 0 Å². The Morgan fingerprint density at radius 3 is 2.45 bits per heavy atom. The molecular weight excluding hydrogens is 267 g/mol. The fourth-order valence-corrected chi connectivity index (χ4v) is 2.15. The maximum absolute atomic E-state index is 13.0. The van der Waals surface area contributed by atoms with Crippen LogP contribution in [0.15, 0.2) is 36.5 Å². The van der Waals surface area contributed by atoms with Gasteiger partial charge in [-0.3, -0.25) is 4.68 Å². The number of aryl methyl sites for hydroxylation is 2. The summed E-state index contributed by atoms with van der Waals surface area (Å²) in [6.07, 6.45) is -1.90. The van der Waals surface area contributed by atoms with Crippen LogP contribution in [0.25, 0.3) is 0 Å². The molecule has 0 bridgehead atoms. The summed E-state index contributed by atoms with van der Waals surface area (Å²) in [6, 6.07) is 9.65. The van der Waals surface area contributed by atoms with E-state index in [-0.39, 0.29) is 18.7 Å². The highest BCUT2D eigenvalue weighted by atomic mass is 19.4. The molecule has 0 saturated carbocycles. The molecule has 2 aromatic rings. The van der Waals surface area contributed by atoms with E-state index in [1.54, 1.807) is 0 Å². The maximum atomic E-state index is 13.0. The van der Waals surface area contributed by atoms with E-state index < -0.39 is 11.9 Å². The molecule has 1 aromatic heterocycles. The average molecular weight is 283 g/mol. The van der Waals surface area contributed by atoms with Gasteiger partial charge in [0, 0.05) is 18.7 Å². The van der Waals surface area contributed by atoms with E-state index in [9.17, 15) is 13.2 Å². The van der Waals surface area contributed by atoms with Crippen molar-refractivity contribution in [1.82, 2.24) is 9.78 Å². The second-order valence-corrected chi connectivity index (χ2v) is 4.53. The van der Waals surface area contributed by atoms with Gasteiger partial charge in [0.2, 0.25) is 0 Å². The van der Waals surface area contributed by atoms with Gasteiger partial charge in [-0.25, -0.2) is 0 Å². The van der Waals surface area contributed by atoms with Crippen molar-refractivity contribution in [2.75, 3.05) is 0 Å². The van der Waals surface area contributed by atoms with E-state index in [0.717, 1.165) is 16.7 Å². The lowest BCUT2D eigenvalue weighted by molar-refractivity contribution is -0.144. The first kappa shape index (κ1) is 14.6. The molecule has 0 atom stereocenters. The minimum atomic E-state index is -4.42. The molecule has 0 aliphatic carbocycles. The molecule has 0 radical (unpaired) electrons. The van der Waals surface area contributed by atoms with Gasteiger partial charge in [-0.15, -0.1) is 0 Å². The number of halogens is 3. The van der Waals surface area contributed by atoms with Crippen LogP contribution < -0.4 is 5.73 Å². The lowest BCUT2D eigenvalue weighted by Gasteiger charge is -2.12. The molecule has 2 rings (SSSR count). The van der Waals surface area contributed by atoms with Crippen molar-refractivity contribution < 1.29 is 13.2 Å². The summed E-state index contributed by atoms with van der Waals surface area (Å²) < 4.78 is 39.9. The summed E-state index contributed by atoms with van der Waals surface area (Å²) in [7, 11) is 0. The standard InChI is InChI=1S/C14H16F3N3/c15-14(16,17)13-12(9-18)10-19-20(13)8-4-7-11-5-2-1-3-6-11/h1-3,5-6,10H,4,7-9,18H2. The largest absolute Gasteiger partial charge is 0.433 e. The van der Waals surface area contributed by atoms with Crippen molar-refractivity contribution >= 4 is 0 Å². The highest BCUT2D eigenvalue weighted by molar-refractivity contribution is 5.20. The van der Waals surface area contributed by atoms with E-state index in [1.807, 2.05) is 30.3 Å². The third-order valence-corrected chi connectivity index (χ3v) is 3.08. The van der Waals surface area contributed by atoms with E-state index in [4.69, 9.17) is 5.73 Å². The normalized spacial score (nSPS) is 11.8. The molecule has 108 valence electrons. The van der Waals surface area contributed by atoms with Crippen molar-refractivity contribution in [3.05, 3.63) is 53.3 Å². The van der Waals surface area contributed by atoms with Crippen LogP contribution in [-0.2, 0) is 25.7 Å². The van der Waals surface area contributed by atoms with Crippen molar-refractivity contribution in [2.24, 2.45) is 5.73 Å². The zero-order valence-electron chi connectivity index (χ0n) is 10.9. The first-order valence-corrected chi connectivity index (χ1v) is 6.38. The smallest absolute Gasteiger partial charge is 0.326 e. The van der Waals surface area contributed by atoms with Gasteiger partial charge in [0.05, 0.1) is 6.20 Å². The molecule has 0 unspecified atom stereocenters. The van der Waals surface area contributed by atoms with E-state index in [2.05, 4.69) is 5.10 Å². The van der Waals surface area contributed by atoms with Crippen molar-refractivity contribution in [3.8, 4) is 0 Å². The molecule has 3 nitrogen and oxygen atoms in total. The second kappa shape index (κ2) is 6.09. The predicted octanol–water partition coefficient (Wildman–Crippen LogP) is 2.99. The number of alkyl halides is 3. The predicted molar refractivity (Wildman–Crippen MR) is 69.9 cm³/mol. The molecule has 2 N–H and O–H groups in total. The average Bonchev–Trinajstić information content (AvgIpc) is 2.83. The monoisotopic (exact) mass is 283 g/mol. The van der Waals surface area contributed by atoms with Crippen LogP contribution in [0.4, 0.5) is 13.2 Å². The Labute approximate surface area is 115 Å². The summed E-state index contributed by atoms with van der Waals surface area (Å²) in [4.78, 5) is 0. The molecule has 1 heterocycles. The highest BCUT2D eigenvalue weighted by Gasteiger charge is 2.37. The van der Waals surface area contributed by atoms with Gasteiger partial charge >= 0.3 is 6.18 Å². The summed E-state index contributed by atoms with van der Waals surface area (Å²) in [6.45, 7) is 0.0667. The van der Waals surface area contributed by atoms with Gasteiger partial charge in [0.1, 0.15) is 5.69 Å². The zero-order chi connectivity index (χ0) is 14.6. The van der Waals surface area contributed by atoms with Crippen LogP contribution in [-0.4, -0.2) is 9.78 Å². The van der Waals surface area contributed by atoms with Gasteiger partial charge < -0.3 is 5.73 Å². The summed E-state index contributed by atoms with van der Waals surface area (Å²) >= 11 is 0. The maximum Gasteiger partial charge on any atom is 0.433 e. The number of hydrogen-bond donors (Lipinski definition) is 1. The zero-order valence-corrected chi connectivity index (χ0v) is 10.9. The molecule has 0 fully saturated rings. The lowest BCUT2D eigenvalue weighted by atomic mass is 10.1. The van der Waals surface area contributed by atoms with Gasteiger partial charge in [-0.05, 0) is 18.4 Å². The fourth-order valence-electron chi connectivity index (χ4n) is 2.15. The molecule has 0 aliphatic rings. The quantitative estimate of drug-likeness (QED) is 0.916. The van der Waals surface area contributed by atoms with Crippen LogP contribution in [0, 0.1) is 0 Å². The van der Waals surface area contributed by atoms with Crippen LogP contribution >= 0.6 is 0 Å². The second-order valence-electron chi connectivity index (χ2n) is 4.53. The van der Waals surface area contributed by atoms with Gasteiger partial charge in [-0.2, -0.15) is 18.3 Å². The first-order chi connectivity index (χ1) is 9.52. The minimum absolute atomic E-state index is 0.0391. The number of rotatable bonds is 5. The SMILES string of the molecule is NCc1cnn(CCCc2ccccc2)c1C(F)(F)F. The Bertz CT molecular complexity index is 547. The van der Waals surface area contributed by atoms with Crippen molar-refractivity contribution in [1.29, 1.82) is 0 Å². The van der Waals surface area contributed by atoms with Crippen molar-refractivity contribution in [2.45, 2.75) is 32.1 Å². The number of hydrogen-bond acceptors (Lipinski definition) is 2. The molecule has 0 spiro atoms. The molecule has 20 heavy (non-hydrogen) atoms. The fraction of sp³-hybridized carbons (Fsp3) is 0.357. The lowest BCUT2D eigenvalue weighted by Crippen LogP contribution is -2.18. The summed E-state index contributed by atoms with van der Waals surface area (Å²) in [5.74, 6) is 0. The van der Waals surface area contributed by atoms with Crippen LogP contribution in [0.2, 0.25) is 0 Å². The molecule has 1 aromatic carbocycles. The molecule has 6 heteroatoms. The number of benzene rings is 1. The first-order valence-electron chi connectivity index (χ1n) is 6.38. The van der Waals surface area contributed by atoms with Crippen LogP contribution in [0.5, 0.6) is 0 Å². The van der Waals surface area contributed by atoms with Gasteiger partial charge in [0.25, 0.3) is 0 Å². The Balaban J connectivity index is 2.05. The van der Waals surface area contributed by atoms with Gasteiger partial charge in [-0.1, -0.05) is 30.3 Å². The number of nitrogens with zero attached hydrogens (tertiary/aromatic N) is 2. The highest BCUT2D eigenvalue weighted by Crippen LogP contribution is 2.32.